The maximum Gasteiger partial charge on any atom is 0.255 e. The van der Waals surface area contributed by atoms with E-state index in [-0.39, 0.29) is 11.0 Å². The predicted octanol–water partition coefficient (Wildman–Crippen LogP) is 3.73. The van der Waals surface area contributed by atoms with E-state index in [4.69, 9.17) is 4.42 Å². The Morgan fingerprint density at radius 2 is 2.17 bits per heavy atom. The van der Waals surface area contributed by atoms with Crippen LogP contribution in [-0.2, 0) is 25.9 Å². The highest BCUT2D eigenvalue weighted by molar-refractivity contribution is 7.13. The topological polar surface area (TPSA) is 79.2 Å². The zero-order valence-electron chi connectivity index (χ0n) is 16.6. The lowest BCUT2D eigenvalue weighted by Crippen LogP contribution is -2.36. The smallest absolute Gasteiger partial charge is 0.255 e. The molecule has 0 aliphatic carbocycles. The minimum atomic E-state index is -0.105. The van der Waals surface area contributed by atoms with Gasteiger partial charge in [-0.05, 0) is 35.6 Å². The summed E-state index contributed by atoms with van der Waals surface area (Å²) in [4.78, 5) is 36.3. The van der Waals surface area contributed by atoms with Crippen molar-refractivity contribution in [3.63, 3.8) is 0 Å². The zero-order chi connectivity index (χ0) is 20.7. The number of nitrogens with zero attached hydrogens (tertiary/aromatic N) is 2. The fourth-order valence-corrected chi connectivity index (χ4v) is 4.60. The summed E-state index contributed by atoms with van der Waals surface area (Å²) in [5.41, 5.74) is 3.74. The molecule has 4 aromatic rings. The summed E-state index contributed by atoms with van der Waals surface area (Å²) in [6.07, 6.45) is 3.09. The average molecular weight is 420 g/mol. The number of fused-ring (bicyclic) bond motifs is 2. The van der Waals surface area contributed by atoms with Gasteiger partial charge in [0.2, 0.25) is 0 Å². The van der Waals surface area contributed by atoms with Gasteiger partial charge < -0.3 is 9.40 Å². The van der Waals surface area contributed by atoms with Crippen LogP contribution in [0.3, 0.4) is 0 Å². The highest BCUT2D eigenvalue weighted by Crippen LogP contribution is 2.23. The minimum Gasteiger partial charge on any atom is -0.464 e. The second-order valence-corrected chi connectivity index (χ2v) is 8.50. The molecule has 7 heteroatoms. The third kappa shape index (κ3) is 3.40. The Hall–Kier alpha value is -3.03. The van der Waals surface area contributed by atoms with Gasteiger partial charge in [-0.15, -0.1) is 11.3 Å². The van der Waals surface area contributed by atoms with Crippen molar-refractivity contribution < 1.29 is 4.42 Å². The van der Waals surface area contributed by atoms with E-state index < -0.39 is 0 Å². The third-order valence-corrected chi connectivity index (χ3v) is 6.49. The van der Waals surface area contributed by atoms with E-state index in [1.54, 1.807) is 17.6 Å². The maximum atomic E-state index is 13.0. The van der Waals surface area contributed by atoms with E-state index in [1.165, 1.54) is 0 Å². The maximum absolute atomic E-state index is 13.0. The summed E-state index contributed by atoms with van der Waals surface area (Å²) >= 11 is 1.55. The van der Waals surface area contributed by atoms with Crippen LogP contribution < -0.4 is 11.0 Å². The number of hydrogen-bond donors (Lipinski definition) is 1. The Morgan fingerprint density at radius 3 is 2.97 bits per heavy atom. The van der Waals surface area contributed by atoms with Crippen molar-refractivity contribution in [1.29, 1.82) is 0 Å². The zero-order valence-corrected chi connectivity index (χ0v) is 17.4. The number of aromatic amines is 1. The Balaban J connectivity index is 1.42. The van der Waals surface area contributed by atoms with E-state index in [0.717, 1.165) is 29.1 Å². The van der Waals surface area contributed by atoms with Crippen molar-refractivity contribution in [3.05, 3.63) is 84.9 Å². The minimum absolute atomic E-state index is 0.00238. The number of rotatable bonds is 4. The predicted molar refractivity (Wildman–Crippen MR) is 118 cm³/mol. The van der Waals surface area contributed by atoms with Crippen molar-refractivity contribution in [1.82, 2.24) is 14.9 Å². The second kappa shape index (κ2) is 7.66. The summed E-state index contributed by atoms with van der Waals surface area (Å²) in [6, 6.07) is 9.65. The normalized spacial score (nSPS) is 14.2. The molecule has 0 fully saturated rings. The van der Waals surface area contributed by atoms with Gasteiger partial charge in [-0.1, -0.05) is 19.1 Å². The quantitative estimate of drug-likeness (QED) is 0.545. The fourth-order valence-electron chi connectivity index (χ4n) is 3.93. The Bertz CT molecular complexity index is 1340. The van der Waals surface area contributed by atoms with Gasteiger partial charge >= 0.3 is 0 Å². The van der Waals surface area contributed by atoms with E-state index >= 15 is 0 Å². The molecule has 0 atom stereocenters. The van der Waals surface area contributed by atoms with Crippen LogP contribution >= 0.6 is 11.3 Å². The number of nitrogens with one attached hydrogen (secondary N) is 1. The molecule has 0 radical (unpaired) electrons. The number of hydrogen-bond acceptors (Lipinski definition) is 6. The molecule has 0 saturated carbocycles. The monoisotopic (exact) mass is 419 g/mol. The van der Waals surface area contributed by atoms with Crippen LogP contribution in [-0.4, -0.2) is 21.4 Å². The fraction of sp³-hybridized carbons (Fsp3) is 0.261. The molecule has 3 aromatic heterocycles. The molecule has 152 valence electrons. The number of thiophene rings is 1. The van der Waals surface area contributed by atoms with Crippen molar-refractivity contribution in [2.24, 2.45) is 0 Å². The number of aryl methyl sites for hydroxylation is 1. The highest BCUT2D eigenvalue weighted by Gasteiger charge is 2.23. The van der Waals surface area contributed by atoms with Gasteiger partial charge in [-0.2, -0.15) is 0 Å². The SMILES string of the molecule is CCc1ccc2occ(CN3CCc4nc(-c5cccs5)[nH]c(=O)c4C3)c(=O)c2c1. The molecule has 0 saturated heterocycles. The molecule has 1 aliphatic rings. The first-order valence-electron chi connectivity index (χ1n) is 10.0. The summed E-state index contributed by atoms with van der Waals surface area (Å²) in [5, 5.41) is 2.58. The molecular weight excluding hydrogens is 398 g/mol. The van der Waals surface area contributed by atoms with Gasteiger partial charge in [0.15, 0.2) is 11.3 Å². The van der Waals surface area contributed by atoms with E-state index in [2.05, 4.69) is 21.8 Å². The first-order chi connectivity index (χ1) is 14.6. The Labute approximate surface area is 176 Å². The molecule has 1 aliphatic heterocycles. The number of aromatic nitrogens is 2. The van der Waals surface area contributed by atoms with Crippen LogP contribution in [0.2, 0.25) is 0 Å². The Kier molecular flexibility index (Phi) is 4.84. The average Bonchev–Trinajstić information content (AvgIpc) is 3.31. The molecule has 1 aromatic carbocycles. The number of benzene rings is 1. The molecule has 5 rings (SSSR count). The molecular formula is C23H21N3O3S. The van der Waals surface area contributed by atoms with Crippen molar-refractivity contribution in [2.45, 2.75) is 32.9 Å². The van der Waals surface area contributed by atoms with Gasteiger partial charge in [0.25, 0.3) is 5.56 Å². The summed E-state index contributed by atoms with van der Waals surface area (Å²) in [5.74, 6) is 0.629. The first-order valence-corrected chi connectivity index (χ1v) is 10.9. The molecule has 30 heavy (non-hydrogen) atoms. The lowest BCUT2D eigenvalue weighted by atomic mass is 10.0. The van der Waals surface area contributed by atoms with Crippen LogP contribution in [0.1, 0.15) is 29.3 Å². The van der Waals surface area contributed by atoms with Gasteiger partial charge in [-0.3, -0.25) is 14.5 Å². The van der Waals surface area contributed by atoms with E-state index in [1.807, 2.05) is 35.7 Å². The van der Waals surface area contributed by atoms with Crippen LogP contribution in [0.4, 0.5) is 0 Å². The number of H-pyrrole nitrogens is 1. The summed E-state index contributed by atoms with van der Waals surface area (Å²) < 4.78 is 5.71. The summed E-state index contributed by atoms with van der Waals surface area (Å²) in [6.45, 7) is 3.71. The van der Waals surface area contributed by atoms with Crippen molar-refractivity contribution >= 4 is 22.3 Å². The van der Waals surface area contributed by atoms with Gasteiger partial charge in [0.05, 0.1) is 27.8 Å². The molecule has 0 amide bonds. The lowest BCUT2D eigenvalue weighted by Gasteiger charge is -2.27. The first kappa shape index (κ1) is 19.0. The van der Waals surface area contributed by atoms with Gasteiger partial charge in [0.1, 0.15) is 5.58 Å². The van der Waals surface area contributed by atoms with E-state index in [0.29, 0.717) is 47.4 Å². The van der Waals surface area contributed by atoms with Gasteiger partial charge in [-0.25, -0.2) is 4.98 Å². The second-order valence-electron chi connectivity index (χ2n) is 7.55. The summed E-state index contributed by atoms with van der Waals surface area (Å²) in [7, 11) is 0. The van der Waals surface area contributed by atoms with E-state index in [9.17, 15) is 9.59 Å². The van der Waals surface area contributed by atoms with Crippen molar-refractivity contribution in [2.75, 3.05) is 6.54 Å². The largest absolute Gasteiger partial charge is 0.464 e. The highest BCUT2D eigenvalue weighted by atomic mass is 32.1. The standard InChI is InChI=1S/C23H21N3O3S/c1-2-14-5-6-19-16(10-14)21(27)15(13-29-19)11-26-8-7-18-17(12-26)23(28)25-22(24-18)20-4-3-9-30-20/h3-6,9-10,13H,2,7-8,11-12H2,1H3,(H,24,25,28). The third-order valence-electron chi connectivity index (χ3n) is 5.61. The van der Waals surface area contributed by atoms with Crippen LogP contribution in [0.5, 0.6) is 0 Å². The molecule has 0 bridgehead atoms. The Morgan fingerprint density at radius 1 is 1.27 bits per heavy atom. The van der Waals surface area contributed by atoms with Crippen LogP contribution in [0.15, 0.2) is 56.0 Å². The molecule has 1 N–H and O–H groups in total. The molecule has 6 nitrogen and oxygen atoms in total. The molecule has 0 spiro atoms. The molecule has 4 heterocycles. The van der Waals surface area contributed by atoms with Crippen LogP contribution in [0, 0.1) is 0 Å². The lowest BCUT2D eigenvalue weighted by molar-refractivity contribution is 0.239. The van der Waals surface area contributed by atoms with Crippen LogP contribution in [0.25, 0.3) is 21.7 Å². The van der Waals surface area contributed by atoms with Crippen molar-refractivity contribution in [3.8, 4) is 10.7 Å². The van der Waals surface area contributed by atoms with Gasteiger partial charge in [0, 0.05) is 31.6 Å². The molecule has 0 unspecified atom stereocenters.